The zero-order valence-corrected chi connectivity index (χ0v) is 16.2. The van der Waals surface area contributed by atoms with Crippen molar-refractivity contribution in [2.75, 3.05) is 10.5 Å². The highest BCUT2D eigenvalue weighted by Crippen LogP contribution is 2.32. The lowest BCUT2D eigenvalue weighted by Crippen LogP contribution is -2.16. The number of anilines is 1. The SMILES string of the molecule is CCCS(=O)(=O)Nc1ccc(F)c(C(O)c2c[nH]c3ncc(Br)cc23)c1. The number of hydrogen-bond donors (Lipinski definition) is 3. The average molecular weight is 442 g/mol. The van der Waals surface area contributed by atoms with Crippen molar-refractivity contribution in [1.29, 1.82) is 0 Å². The smallest absolute Gasteiger partial charge is 0.232 e. The Bertz CT molecular complexity index is 1050. The number of halogens is 2. The molecular formula is C17H17BrFN3O3S. The number of aliphatic hydroxyl groups excluding tert-OH is 1. The first-order valence-corrected chi connectivity index (χ1v) is 10.4. The normalized spacial score (nSPS) is 13.1. The fourth-order valence-corrected chi connectivity index (χ4v) is 4.16. The van der Waals surface area contributed by atoms with Crippen LogP contribution < -0.4 is 4.72 Å². The number of benzene rings is 1. The molecule has 0 saturated heterocycles. The largest absolute Gasteiger partial charge is 0.383 e. The van der Waals surface area contributed by atoms with E-state index in [4.69, 9.17) is 0 Å². The topological polar surface area (TPSA) is 95.1 Å². The van der Waals surface area contributed by atoms with Crippen molar-refractivity contribution in [2.24, 2.45) is 0 Å². The molecule has 0 amide bonds. The van der Waals surface area contributed by atoms with E-state index in [0.717, 1.165) is 10.5 Å². The molecule has 0 radical (unpaired) electrons. The number of aromatic nitrogens is 2. The molecule has 1 aromatic carbocycles. The molecule has 1 atom stereocenters. The molecule has 9 heteroatoms. The summed E-state index contributed by atoms with van der Waals surface area (Å²) in [5, 5.41) is 11.3. The second-order valence-corrected chi connectivity index (χ2v) is 8.61. The van der Waals surface area contributed by atoms with E-state index in [0.29, 0.717) is 23.0 Å². The number of nitrogens with zero attached hydrogens (tertiary/aromatic N) is 1. The number of aromatic amines is 1. The Kier molecular flexibility index (Phi) is 5.31. The quantitative estimate of drug-likeness (QED) is 0.543. The Morgan fingerprint density at radius 2 is 2.12 bits per heavy atom. The van der Waals surface area contributed by atoms with Crippen molar-refractivity contribution in [3.8, 4) is 0 Å². The van der Waals surface area contributed by atoms with Crippen LogP contribution in [0.25, 0.3) is 11.0 Å². The predicted octanol–water partition coefficient (Wildman–Crippen LogP) is 3.70. The minimum Gasteiger partial charge on any atom is -0.383 e. The maximum Gasteiger partial charge on any atom is 0.232 e. The van der Waals surface area contributed by atoms with Crippen LogP contribution in [0, 0.1) is 5.82 Å². The fourth-order valence-electron chi connectivity index (χ4n) is 2.71. The third kappa shape index (κ3) is 3.89. The van der Waals surface area contributed by atoms with Gasteiger partial charge in [0, 0.05) is 39.1 Å². The minimum atomic E-state index is -3.51. The third-order valence-electron chi connectivity index (χ3n) is 3.86. The molecule has 0 aliphatic rings. The maximum atomic E-state index is 14.3. The van der Waals surface area contributed by atoms with Crippen LogP contribution in [-0.4, -0.2) is 29.2 Å². The lowest BCUT2D eigenvalue weighted by Gasteiger charge is -2.14. The molecule has 3 N–H and O–H groups in total. The van der Waals surface area contributed by atoms with Gasteiger partial charge >= 0.3 is 0 Å². The van der Waals surface area contributed by atoms with Crippen LogP contribution in [0.4, 0.5) is 10.1 Å². The highest BCUT2D eigenvalue weighted by molar-refractivity contribution is 9.10. The molecule has 2 heterocycles. The minimum absolute atomic E-state index is 0.0254. The molecule has 0 saturated carbocycles. The van der Waals surface area contributed by atoms with E-state index in [1.807, 2.05) is 0 Å². The van der Waals surface area contributed by atoms with E-state index in [-0.39, 0.29) is 17.0 Å². The van der Waals surface area contributed by atoms with Crippen LogP contribution in [0.3, 0.4) is 0 Å². The van der Waals surface area contributed by atoms with Gasteiger partial charge in [0.2, 0.25) is 10.0 Å². The molecular weight excluding hydrogens is 425 g/mol. The average Bonchev–Trinajstić information content (AvgIpc) is 2.98. The Hall–Kier alpha value is -1.97. The van der Waals surface area contributed by atoms with Crippen LogP contribution in [-0.2, 0) is 10.0 Å². The molecule has 6 nitrogen and oxygen atoms in total. The summed E-state index contributed by atoms with van der Waals surface area (Å²) in [7, 11) is -3.51. The highest BCUT2D eigenvalue weighted by Gasteiger charge is 2.20. The first-order valence-electron chi connectivity index (χ1n) is 7.91. The molecule has 3 aromatic rings. The summed E-state index contributed by atoms with van der Waals surface area (Å²) < 4.78 is 41.3. The summed E-state index contributed by atoms with van der Waals surface area (Å²) >= 11 is 3.32. The van der Waals surface area contributed by atoms with Gasteiger partial charge in [0.05, 0.1) is 5.75 Å². The van der Waals surface area contributed by atoms with Crippen molar-refractivity contribution in [3.63, 3.8) is 0 Å². The monoisotopic (exact) mass is 441 g/mol. The van der Waals surface area contributed by atoms with Crippen LogP contribution >= 0.6 is 15.9 Å². The van der Waals surface area contributed by atoms with Gasteiger partial charge in [-0.2, -0.15) is 0 Å². The lowest BCUT2D eigenvalue weighted by molar-refractivity contribution is 0.216. The standard InChI is InChI=1S/C17H17BrFN3O3S/c1-2-5-26(24,25)22-11-3-4-15(19)13(7-11)16(23)14-9-21-17-12(14)6-10(18)8-20-17/h3-4,6-9,16,22-23H,2,5H2,1H3,(H,20,21). The van der Waals surface area contributed by atoms with Crippen molar-refractivity contribution in [2.45, 2.75) is 19.4 Å². The Balaban J connectivity index is 1.99. The molecule has 26 heavy (non-hydrogen) atoms. The van der Waals surface area contributed by atoms with E-state index >= 15 is 0 Å². The Morgan fingerprint density at radius 1 is 1.35 bits per heavy atom. The summed E-state index contributed by atoms with van der Waals surface area (Å²) in [6.45, 7) is 1.75. The van der Waals surface area contributed by atoms with E-state index in [1.54, 1.807) is 25.4 Å². The van der Waals surface area contributed by atoms with Gasteiger partial charge < -0.3 is 10.1 Å². The van der Waals surface area contributed by atoms with Gasteiger partial charge in [0.15, 0.2) is 0 Å². The lowest BCUT2D eigenvalue weighted by atomic mass is 10.0. The summed E-state index contributed by atoms with van der Waals surface area (Å²) in [6, 6.07) is 5.53. The van der Waals surface area contributed by atoms with Crippen LogP contribution in [0.2, 0.25) is 0 Å². The number of pyridine rings is 1. The van der Waals surface area contributed by atoms with Gasteiger partial charge in [0.1, 0.15) is 17.6 Å². The molecule has 0 aliphatic heterocycles. The molecule has 0 spiro atoms. The summed E-state index contributed by atoms with van der Waals surface area (Å²) in [5.41, 5.74) is 1.18. The van der Waals surface area contributed by atoms with Crippen molar-refractivity contribution >= 4 is 42.7 Å². The number of hydrogen-bond acceptors (Lipinski definition) is 4. The molecule has 1 unspecified atom stereocenters. The Labute approximate surface area is 158 Å². The van der Waals surface area contributed by atoms with Crippen LogP contribution in [0.15, 0.2) is 41.1 Å². The molecule has 3 rings (SSSR count). The van der Waals surface area contributed by atoms with E-state index in [2.05, 4.69) is 30.6 Å². The fraction of sp³-hybridized carbons (Fsp3) is 0.235. The molecule has 0 fully saturated rings. The molecule has 0 bridgehead atoms. The van der Waals surface area contributed by atoms with Gasteiger partial charge in [-0.1, -0.05) is 6.92 Å². The number of sulfonamides is 1. The van der Waals surface area contributed by atoms with Gasteiger partial charge in [-0.3, -0.25) is 4.72 Å². The number of fused-ring (bicyclic) bond motifs is 1. The first kappa shape index (κ1) is 18.8. The zero-order valence-electron chi connectivity index (χ0n) is 13.8. The number of H-pyrrole nitrogens is 1. The van der Waals surface area contributed by atoms with Crippen LogP contribution in [0.1, 0.15) is 30.6 Å². The van der Waals surface area contributed by atoms with Crippen molar-refractivity contribution < 1.29 is 17.9 Å². The van der Waals surface area contributed by atoms with Crippen LogP contribution in [0.5, 0.6) is 0 Å². The van der Waals surface area contributed by atoms with Gasteiger partial charge in [-0.15, -0.1) is 0 Å². The molecule has 138 valence electrons. The first-order chi connectivity index (χ1) is 12.3. The predicted molar refractivity (Wildman–Crippen MR) is 102 cm³/mol. The van der Waals surface area contributed by atoms with Crippen molar-refractivity contribution in [1.82, 2.24) is 9.97 Å². The Morgan fingerprint density at radius 3 is 2.85 bits per heavy atom. The van der Waals surface area contributed by atoms with Gasteiger partial charge in [0.25, 0.3) is 0 Å². The summed E-state index contributed by atoms with van der Waals surface area (Å²) in [5.74, 6) is -0.669. The summed E-state index contributed by atoms with van der Waals surface area (Å²) in [4.78, 5) is 7.12. The second-order valence-electron chi connectivity index (χ2n) is 5.85. The highest BCUT2D eigenvalue weighted by atomic mass is 79.9. The molecule has 2 aromatic heterocycles. The van der Waals surface area contributed by atoms with E-state index in [9.17, 15) is 17.9 Å². The van der Waals surface area contributed by atoms with Crippen molar-refractivity contribution in [3.05, 3.63) is 58.1 Å². The third-order valence-corrected chi connectivity index (χ3v) is 5.79. The summed E-state index contributed by atoms with van der Waals surface area (Å²) in [6.07, 6.45) is 2.35. The number of rotatable bonds is 6. The van der Waals surface area contributed by atoms with Gasteiger partial charge in [-0.25, -0.2) is 17.8 Å². The van der Waals surface area contributed by atoms with Gasteiger partial charge in [-0.05, 0) is 46.6 Å². The van der Waals surface area contributed by atoms with E-state index < -0.39 is 21.9 Å². The number of aliphatic hydroxyl groups is 1. The maximum absolute atomic E-state index is 14.3. The number of nitrogens with one attached hydrogen (secondary N) is 2. The zero-order chi connectivity index (χ0) is 18.9. The second kappa shape index (κ2) is 7.34. The molecule has 0 aliphatic carbocycles. The van der Waals surface area contributed by atoms with E-state index in [1.165, 1.54) is 12.1 Å².